The third-order valence-electron chi connectivity index (χ3n) is 9.55. The van der Waals surface area contributed by atoms with Crippen LogP contribution in [0.1, 0.15) is 53.4 Å². The fraction of sp³-hybridized carbons (Fsp3) is 0.769. The third-order valence-corrected chi connectivity index (χ3v) is 9.55. The largest absolute Gasteiger partial charge is 0.504 e. The molecule has 0 unspecified atom stereocenters. The van der Waals surface area contributed by atoms with Gasteiger partial charge in [-0.25, -0.2) is 9.59 Å². The SMILES string of the molecule is COC(=O)[C@@]12C[C@H](O)[C@@H]3[C@@]4(C)CC(=O)C(O)=C(C)[C@@H]4C[C@H]4OC(=O)[C@H](OC(=O)CC(C)C)[C@@H]1[C@@]34CO2. The van der Waals surface area contributed by atoms with Gasteiger partial charge in [-0.3, -0.25) is 9.59 Å². The smallest absolute Gasteiger partial charge is 0.348 e. The first-order valence-corrected chi connectivity index (χ1v) is 12.6. The molecule has 1 spiro atoms. The predicted octanol–water partition coefficient (Wildman–Crippen LogP) is 1.63. The number of esters is 3. The van der Waals surface area contributed by atoms with Crippen molar-refractivity contribution in [1.82, 2.24) is 0 Å². The van der Waals surface area contributed by atoms with E-state index >= 15 is 0 Å². The minimum atomic E-state index is -1.71. The number of Topliss-reactive ketones (excluding diaryl/α,β-unsaturated/α-hetero) is 1. The molecule has 2 bridgehead atoms. The van der Waals surface area contributed by atoms with Gasteiger partial charge in [-0.15, -0.1) is 0 Å². The van der Waals surface area contributed by atoms with Crippen LogP contribution in [0.3, 0.4) is 0 Å². The van der Waals surface area contributed by atoms with Crippen LogP contribution in [0.15, 0.2) is 11.3 Å². The molecule has 4 fully saturated rings. The Kier molecular flexibility index (Phi) is 5.61. The number of aliphatic hydroxyl groups is 2. The lowest BCUT2D eigenvalue weighted by atomic mass is 9.38. The topological polar surface area (TPSA) is 146 Å². The average molecular weight is 507 g/mol. The standard InChI is InChI=1S/C26H34O10/c1-11(2)6-17(29)36-19-21-25-10-34-26(21,23(32)33-5)9-15(28)20(25)24(4)8-14(27)18(30)12(3)13(24)7-16(25)35-22(19)31/h11,13,15-16,19-21,28,30H,6-10H2,1-5H3/t13-,15-,16+,19+,20+,21+,24-,25+,26+/m0/s1. The number of rotatable bonds is 4. The number of ether oxygens (including phenoxy) is 4. The van der Waals surface area contributed by atoms with Crippen LogP contribution in [0.5, 0.6) is 0 Å². The Morgan fingerprint density at radius 1 is 1.22 bits per heavy atom. The first-order valence-electron chi connectivity index (χ1n) is 12.6. The van der Waals surface area contributed by atoms with Gasteiger partial charge in [-0.1, -0.05) is 20.8 Å². The van der Waals surface area contributed by atoms with Crippen molar-refractivity contribution in [2.45, 2.75) is 77.3 Å². The van der Waals surface area contributed by atoms with Crippen LogP contribution in [-0.2, 0) is 38.1 Å². The summed E-state index contributed by atoms with van der Waals surface area (Å²) in [7, 11) is 1.21. The lowest BCUT2D eigenvalue weighted by Gasteiger charge is -2.66. The highest BCUT2D eigenvalue weighted by atomic mass is 16.6. The quantitative estimate of drug-likeness (QED) is 0.426. The maximum absolute atomic E-state index is 13.4. The van der Waals surface area contributed by atoms with Gasteiger partial charge in [0.05, 0.1) is 25.7 Å². The fourth-order valence-electron chi connectivity index (χ4n) is 8.42. The molecule has 2 aliphatic heterocycles. The minimum absolute atomic E-state index is 0.0132. The second-order valence-electron chi connectivity index (χ2n) is 11.9. The van der Waals surface area contributed by atoms with Gasteiger partial charge in [-0.05, 0) is 36.2 Å². The summed E-state index contributed by atoms with van der Waals surface area (Å²) >= 11 is 0. The molecule has 0 amide bonds. The maximum atomic E-state index is 13.4. The van der Waals surface area contributed by atoms with E-state index in [1.807, 2.05) is 20.8 Å². The van der Waals surface area contributed by atoms with Gasteiger partial charge in [0, 0.05) is 30.6 Å². The van der Waals surface area contributed by atoms with E-state index in [1.54, 1.807) is 6.92 Å². The number of carbonyl (C=O) groups excluding carboxylic acids is 4. The lowest BCUT2D eigenvalue weighted by Crippen LogP contribution is -2.75. The van der Waals surface area contributed by atoms with Crippen LogP contribution in [-0.4, -0.2) is 71.5 Å². The van der Waals surface area contributed by atoms with Crippen LogP contribution >= 0.6 is 0 Å². The van der Waals surface area contributed by atoms with Crippen molar-refractivity contribution in [1.29, 1.82) is 0 Å². The summed E-state index contributed by atoms with van der Waals surface area (Å²) in [6.07, 6.45) is -3.14. The molecular weight excluding hydrogens is 472 g/mol. The van der Waals surface area contributed by atoms with E-state index in [2.05, 4.69) is 0 Å². The normalized spacial score (nSPS) is 45.1. The predicted molar refractivity (Wildman–Crippen MR) is 121 cm³/mol. The van der Waals surface area contributed by atoms with Gasteiger partial charge >= 0.3 is 17.9 Å². The number of aliphatic hydroxyl groups excluding tert-OH is 2. The molecule has 0 aromatic rings. The van der Waals surface area contributed by atoms with E-state index in [1.165, 1.54) is 7.11 Å². The van der Waals surface area contributed by atoms with Gasteiger partial charge in [0.25, 0.3) is 0 Å². The van der Waals surface area contributed by atoms with E-state index < -0.39 is 70.3 Å². The highest BCUT2D eigenvalue weighted by Crippen LogP contribution is 2.72. The zero-order chi connectivity index (χ0) is 26.4. The molecule has 36 heavy (non-hydrogen) atoms. The number of allylic oxidation sites excluding steroid dienone is 2. The van der Waals surface area contributed by atoms with E-state index in [4.69, 9.17) is 18.9 Å². The van der Waals surface area contributed by atoms with Crippen LogP contribution in [0.25, 0.3) is 0 Å². The van der Waals surface area contributed by atoms with E-state index in [9.17, 15) is 29.4 Å². The molecule has 5 aliphatic rings. The number of ketones is 1. The van der Waals surface area contributed by atoms with Gasteiger partial charge in [0.15, 0.2) is 17.1 Å². The molecule has 198 valence electrons. The molecule has 2 saturated carbocycles. The van der Waals surface area contributed by atoms with Gasteiger partial charge in [-0.2, -0.15) is 0 Å². The van der Waals surface area contributed by atoms with Crippen molar-refractivity contribution >= 4 is 23.7 Å². The third kappa shape index (κ3) is 3.03. The highest BCUT2D eigenvalue weighted by molar-refractivity contribution is 5.95. The van der Waals surface area contributed by atoms with Crippen molar-refractivity contribution in [2.24, 2.45) is 34.5 Å². The Hall–Kier alpha value is -2.46. The number of methoxy groups -OCH3 is 1. The molecule has 0 aromatic heterocycles. The molecule has 0 radical (unpaired) electrons. The maximum Gasteiger partial charge on any atom is 0.348 e. The molecule has 2 N–H and O–H groups in total. The summed E-state index contributed by atoms with van der Waals surface area (Å²) in [5.41, 5.74) is -3.12. The van der Waals surface area contributed by atoms with Gasteiger partial charge < -0.3 is 29.2 Å². The number of hydrogen-bond acceptors (Lipinski definition) is 10. The zero-order valence-electron chi connectivity index (χ0n) is 21.2. The molecule has 3 aliphatic carbocycles. The first-order chi connectivity index (χ1) is 16.8. The number of carbonyl (C=O) groups is 4. The van der Waals surface area contributed by atoms with Crippen LogP contribution in [0, 0.1) is 34.5 Å². The van der Waals surface area contributed by atoms with E-state index in [0.29, 0.717) is 5.57 Å². The Bertz CT molecular complexity index is 1060. The molecule has 0 aromatic carbocycles. The Morgan fingerprint density at radius 3 is 2.56 bits per heavy atom. The minimum Gasteiger partial charge on any atom is -0.504 e. The van der Waals surface area contributed by atoms with E-state index in [-0.39, 0.29) is 49.9 Å². The molecule has 2 heterocycles. The van der Waals surface area contributed by atoms with Crippen molar-refractivity contribution < 1.29 is 48.3 Å². The number of hydrogen-bond donors (Lipinski definition) is 2. The van der Waals surface area contributed by atoms with Crippen LogP contribution < -0.4 is 0 Å². The first kappa shape index (κ1) is 25.2. The highest BCUT2D eigenvalue weighted by Gasteiger charge is 2.82. The molecule has 10 nitrogen and oxygen atoms in total. The van der Waals surface area contributed by atoms with Crippen molar-refractivity contribution in [3.63, 3.8) is 0 Å². The second-order valence-corrected chi connectivity index (χ2v) is 11.9. The van der Waals surface area contributed by atoms with Crippen LogP contribution in [0.4, 0.5) is 0 Å². The summed E-state index contributed by atoms with van der Waals surface area (Å²) in [5, 5.41) is 22.1. The molecule has 10 heteroatoms. The molecule has 5 rings (SSSR count). The zero-order valence-corrected chi connectivity index (χ0v) is 21.2. The Morgan fingerprint density at radius 2 is 1.92 bits per heavy atom. The molecule has 9 atom stereocenters. The lowest BCUT2D eigenvalue weighted by molar-refractivity contribution is -0.270. The van der Waals surface area contributed by atoms with Crippen molar-refractivity contribution in [2.75, 3.05) is 13.7 Å². The fourth-order valence-corrected chi connectivity index (χ4v) is 8.42. The average Bonchev–Trinajstić information content (AvgIpc) is 3.04. The summed E-state index contributed by atoms with van der Waals surface area (Å²) in [5.74, 6) is -4.77. The summed E-state index contributed by atoms with van der Waals surface area (Å²) < 4.78 is 22.9. The summed E-state index contributed by atoms with van der Waals surface area (Å²) in [6.45, 7) is 7.25. The van der Waals surface area contributed by atoms with Gasteiger partial charge in [0.2, 0.25) is 6.10 Å². The monoisotopic (exact) mass is 506 g/mol. The second kappa shape index (κ2) is 8.02. The number of fused-ring (bicyclic) bond motifs is 2. The molecular formula is C26H34O10. The van der Waals surface area contributed by atoms with Crippen molar-refractivity contribution in [3.05, 3.63) is 11.3 Å². The van der Waals surface area contributed by atoms with Crippen LogP contribution in [0.2, 0.25) is 0 Å². The molecule has 2 saturated heterocycles. The summed E-state index contributed by atoms with van der Waals surface area (Å²) in [6, 6.07) is 0. The summed E-state index contributed by atoms with van der Waals surface area (Å²) in [4.78, 5) is 52.2. The van der Waals surface area contributed by atoms with Gasteiger partial charge in [0.1, 0.15) is 6.10 Å². The Balaban J connectivity index is 1.68. The Labute approximate surface area is 209 Å². The van der Waals surface area contributed by atoms with E-state index in [0.717, 1.165) is 0 Å². The van der Waals surface area contributed by atoms with Crippen molar-refractivity contribution in [3.8, 4) is 0 Å².